The van der Waals surface area contributed by atoms with Crippen molar-refractivity contribution < 1.29 is 33.5 Å². The molecule has 1 fully saturated rings. The minimum Gasteiger partial charge on any atom is -0.382 e. The van der Waals surface area contributed by atoms with Crippen molar-refractivity contribution >= 4 is 68.4 Å². The van der Waals surface area contributed by atoms with Crippen LogP contribution in [0.2, 0.25) is 0 Å². The SMILES string of the molecule is Cc1ccc(NC(=O)CCOCCNc2ccc3c4c(cccc24)C(=O)N(C2CCC(=O)NC2=O)C3=O)cc1C(=O)N[C@H](C)c1cccc2ccccc12. The summed E-state index contributed by atoms with van der Waals surface area (Å²) in [6.45, 7) is 4.64. The highest BCUT2D eigenvalue weighted by Gasteiger charge is 2.42. The summed E-state index contributed by atoms with van der Waals surface area (Å²) >= 11 is 0. The molecule has 0 saturated carbocycles. The fourth-order valence-electron chi connectivity index (χ4n) is 7.15. The molecule has 5 aromatic carbocycles. The zero-order chi connectivity index (χ0) is 37.9. The van der Waals surface area contributed by atoms with Crippen molar-refractivity contribution in [3.05, 3.63) is 119 Å². The number of imide groups is 2. The molecule has 0 aromatic heterocycles. The summed E-state index contributed by atoms with van der Waals surface area (Å²) in [5.74, 6) is -2.74. The van der Waals surface area contributed by atoms with Crippen LogP contribution >= 0.6 is 0 Å². The molecule has 12 nitrogen and oxygen atoms in total. The van der Waals surface area contributed by atoms with Crippen LogP contribution in [0.1, 0.15) is 74.4 Å². The van der Waals surface area contributed by atoms with Crippen molar-refractivity contribution in [3.8, 4) is 0 Å². The molecule has 4 N–H and O–H groups in total. The molecule has 274 valence electrons. The third-order valence-electron chi connectivity index (χ3n) is 9.90. The molecule has 2 heterocycles. The summed E-state index contributed by atoms with van der Waals surface area (Å²) in [4.78, 5) is 78.2. The van der Waals surface area contributed by atoms with Crippen LogP contribution in [-0.4, -0.2) is 66.1 Å². The Morgan fingerprint density at radius 2 is 1.61 bits per heavy atom. The second-order valence-corrected chi connectivity index (χ2v) is 13.5. The van der Waals surface area contributed by atoms with Gasteiger partial charge in [0.05, 0.1) is 25.7 Å². The first-order valence-corrected chi connectivity index (χ1v) is 17.9. The van der Waals surface area contributed by atoms with Crippen LogP contribution in [0.5, 0.6) is 0 Å². The number of fused-ring (bicyclic) bond motifs is 1. The molecule has 2 atom stereocenters. The van der Waals surface area contributed by atoms with Crippen LogP contribution in [0.25, 0.3) is 21.5 Å². The number of nitrogens with one attached hydrogen (secondary N) is 4. The van der Waals surface area contributed by atoms with Gasteiger partial charge in [0, 0.05) is 51.8 Å². The highest BCUT2D eigenvalue weighted by Crippen LogP contribution is 2.36. The van der Waals surface area contributed by atoms with Crippen molar-refractivity contribution in [3.63, 3.8) is 0 Å². The van der Waals surface area contributed by atoms with E-state index in [-0.39, 0.29) is 50.3 Å². The van der Waals surface area contributed by atoms with Gasteiger partial charge < -0.3 is 20.7 Å². The van der Waals surface area contributed by atoms with Gasteiger partial charge in [-0.3, -0.25) is 39.0 Å². The lowest BCUT2D eigenvalue weighted by Gasteiger charge is -2.34. The molecule has 12 heteroatoms. The number of carbonyl (C=O) groups is 6. The average Bonchev–Trinajstić information content (AvgIpc) is 3.16. The molecule has 0 spiro atoms. The van der Waals surface area contributed by atoms with Crippen molar-refractivity contribution in [1.29, 1.82) is 0 Å². The van der Waals surface area contributed by atoms with Gasteiger partial charge in [0.1, 0.15) is 6.04 Å². The highest BCUT2D eigenvalue weighted by atomic mass is 16.5. The Hall–Kier alpha value is -6.40. The first-order valence-electron chi connectivity index (χ1n) is 17.9. The van der Waals surface area contributed by atoms with Gasteiger partial charge in [-0.15, -0.1) is 0 Å². The summed E-state index contributed by atoms with van der Waals surface area (Å²) in [5.41, 5.74) is 4.08. The van der Waals surface area contributed by atoms with Gasteiger partial charge in [0.25, 0.3) is 17.7 Å². The van der Waals surface area contributed by atoms with Crippen LogP contribution < -0.4 is 21.3 Å². The number of hydrogen-bond acceptors (Lipinski definition) is 8. The number of aryl methyl sites for hydroxylation is 1. The Balaban J connectivity index is 0.904. The molecule has 0 radical (unpaired) electrons. The number of amides is 6. The number of anilines is 2. The fourth-order valence-corrected chi connectivity index (χ4v) is 7.15. The van der Waals surface area contributed by atoms with Crippen LogP contribution in [0.15, 0.2) is 91.0 Å². The van der Waals surface area contributed by atoms with Gasteiger partial charge >= 0.3 is 0 Å². The molecule has 54 heavy (non-hydrogen) atoms. The second kappa shape index (κ2) is 15.3. The van der Waals surface area contributed by atoms with E-state index in [2.05, 4.69) is 21.3 Å². The molecular formula is C42H39N5O7. The van der Waals surface area contributed by atoms with Gasteiger partial charge in [-0.1, -0.05) is 60.7 Å². The molecule has 0 bridgehead atoms. The first-order chi connectivity index (χ1) is 26.1. The molecule has 5 aromatic rings. The maximum Gasteiger partial charge on any atom is 0.262 e. The number of carbonyl (C=O) groups excluding carboxylic acids is 6. The van der Waals surface area contributed by atoms with E-state index in [1.807, 2.05) is 62.4 Å². The van der Waals surface area contributed by atoms with E-state index in [9.17, 15) is 28.8 Å². The number of hydrogen-bond donors (Lipinski definition) is 4. The van der Waals surface area contributed by atoms with Crippen LogP contribution in [0.3, 0.4) is 0 Å². The number of rotatable bonds is 12. The lowest BCUT2D eigenvalue weighted by molar-refractivity contribution is -0.136. The van der Waals surface area contributed by atoms with Gasteiger partial charge in [-0.2, -0.15) is 0 Å². The fraction of sp³-hybridized carbons (Fsp3) is 0.238. The van der Waals surface area contributed by atoms with E-state index in [0.717, 1.165) is 26.8 Å². The number of piperidine rings is 1. The molecule has 2 aliphatic heterocycles. The average molecular weight is 726 g/mol. The van der Waals surface area contributed by atoms with E-state index in [0.29, 0.717) is 45.4 Å². The lowest BCUT2D eigenvalue weighted by Crippen LogP contribution is -2.57. The molecule has 6 amide bonds. The lowest BCUT2D eigenvalue weighted by atomic mass is 9.91. The molecule has 1 saturated heterocycles. The van der Waals surface area contributed by atoms with Crippen molar-refractivity contribution in [2.45, 2.75) is 45.2 Å². The Bertz CT molecular complexity index is 2330. The van der Waals surface area contributed by atoms with Crippen LogP contribution in [-0.2, 0) is 19.1 Å². The van der Waals surface area contributed by atoms with Crippen molar-refractivity contribution in [2.75, 3.05) is 30.4 Å². The van der Waals surface area contributed by atoms with Gasteiger partial charge in [-0.05, 0) is 72.5 Å². The standard InChI is InChI=1S/C42H39N5O7/c1-24-13-14-27(23-33(24)39(50)44-25(2)28-10-5-8-26-7-3-4-9-29(26)28)45-37(49)19-21-54-22-20-43-34-16-15-32-38-30(34)11-6-12-31(38)41(52)47(42(32)53)35-17-18-36(48)46-40(35)51/h3-16,23,25,35,43H,17-22H2,1-2H3,(H,44,50)(H,45,49)(H,46,48,51)/t25-,35?/m1/s1. The predicted molar refractivity (Wildman–Crippen MR) is 204 cm³/mol. The minimum atomic E-state index is -1.06. The topological polar surface area (TPSA) is 163 Å². The summed E-state index contributed by atoms with van der Waals surface area (Å²) in [6.07, 6.45) is 0.220. The molecular weight excluding hydrogens is 686 g/mol. The van der Waals surface area contributed by atoms with E-state index in [1.165, 1.54) is 0 Å². The minimum absolute atomic E-state index is 0.0431. The number of ether oxygens (including phenoxy) is 1. The smallest absolute Gasteiger partial charge is 0.262 e. The van der Waals surface area contributed by atoms with Gasteiger partial charge in [-0.25, -0.2) is 0 Å². The number of nitrogens with zero attached hydrogens (tertiary/aromatic N) is 1. The molecule has 7 rings (SSSR count). The van der Waals surface area contributed by atoms with E-state index < -0.39 is 29.7 Å². The summed E-state index contributed by atoms with van der Waals surface area (Å²) < 4.78 is 5.72. The normalized spacial score (nSPS) is 16.0. The summed E-state index contributed by atoms with van der Waals surface area (Å²) in [5, 5.41) is 14.8. The zero-order valence-corrected chi connectivity index (χ0v) is 29.9. The Kier molecular flexibility index (Phi) is 10.2. The third kappa shape index (κ3) is 7.15. The second-order valence-electron chi connectivity index (χ2n) is 13.5. The molecule has 2 aliphatic rings. The Labute approximate surface area is 311 Å². The highest BCUT2D eigenvalue weighted by molar-refractivity contribution is 6.28. The van der Waals surface area contributed by atoms with Crippen LogP contribution in [0, 0.1) is 6.92 Å². The molecule has 0 aliphatic carbocycles. The summed E-state index contributed by atoms with van der Waals surface area (Å²) in [6, 6.07) is 26.5. The van der Waals surface area contributed by atoms with Gasteiger partial charge in [0.15, 0.2) is 0 Å². The maximum atomic E-state index is 13.5. The maximum absolute atomic E-state index is 13.5. The van der Waals surface area contributed by atoms with Crippen molar-refractivity contribution in [2.24, 2.45) is 0 Å². The molecule has 1 unspecified atom stereocenters. The van der Waals surface area contributed by atoms with Gasteiger partial charge in [0.2, 0.25) is 17.7 Å². The van der Waals surface area contributed by atoms with E-state index >= 15 is 0 Å². The third-order valence-corrected chi connectivity index (χ3v) is 9.90. The number of benzene rings is 5. The van der Waals surface area contributed by atoms with E-state index in [1.54, 1.807) is 42.5 Å². The predicted octanol–water partition coefficient (Wildman–Crippen LogP) is 5.65. The largest absolute Gasteiger partial charge is 0.382 e. The Morgan fingerprint density at radius 3 is 2.43 bits per heavy atom. The quantitative estimate of drug-likeness (QED) is 0.0948. The van der Waals surface area contributed by atoms with Crippen LogP contribution in [0.4, 0.5) is 11.4 Å². The van der Waals surface area contributed by atoms with Crippen molar-refractivity contribution in [1.82, 2.24) is 15.5 Å². The van der Waals surface area contributed by atoms with E-state index in [4.69, 9.17) is 4.74 Å². The first kappa shape index (κ1) is 36.0. The zero-order valence-electron chi connectivity index (χ0n) is 29.9. The summed E-state index contributed by atoms with van der Waals surface area (Å²) in [7, 11) is 0. The monoisotopic (exact) mass is 725 g/mol. The Morgan fingerprint density at radius 1 is 0.870 bits per heavy atom.